The van der Waals surface area contributed by atoms with Crippen LogP contribution in [0.1, 0.15) is 30.9 Å². The number of hydrogen-bond acceptors (Lipinski definition) is 2. The van der Waals surface area contributed by atoms with Gasteiger partial charge in [-0.1, -0.05) is 25.1 Å². The van der Waals surface area contributed by atoms with Crippen molar-refractivity contribution in [2.75, 3.05) is 13.1 Å². The number of aromatic amines is 1. The summed E-state index contributed by atoms with van der Waals surface area (Å²) in [5, 5.41) is 4.55. The highest BCUT2D eigenvalue weighted by atomic mass is 16.1. The van der Waals surface area contributed by atoms with Gasteiger partial charge in [0.1, 0.15) is 14.1 Å². The Kier molecular flexibility index (Phi) is 4.48. The maximum absolute atomic E-state index is 11.4. The number of aldehydes is 1. The number of nitrogens with one attached hydrogen (secondary N) is 2. The van der Waals surface area contributed by atoms with Crippen molar-refractivity contribution in [1.82, 2.24) is 10.3 Å². The third kappa shape index (κ3) is 2.75. The number of benzene rings is 1. The summed E-state index contributed by atoms with van der Waals surface area (Å²) in [6.07, 6.45) is 6.11. The van der Waals surface area contributed by atoms with Crippen LogP contribution in [-0.2, 0) is 11.2 Å². The van der Waals surface area contributed by atoms with E-state index in [2.05, 4.69) is 35.4 Å². The topological polar surface area (TPSA) is 44.9 Å². The molecule has 3 nitrogen and oxygen atoms in total. The highest BCUT2D eigenvalue weighted by Crippen LogP contribution is 2.35. The molecular formula is C18H21BN2O. The second-order valence-electron chi connectivity index (χ2n) is 5.94. The number of H-pyrrole nitrogens is 1. The quantitative estimate of drug-likeness (QED) is 0.486. The van der Waals surface area contributed by atoms with Crippen LogP contribution in [0.15, 0.2) is 24.3 Å². The van der Waals surface area contributed by atoms with Gasteiger partial charge in [0.15, 0.2) is 0 Å². The van der Waals surface area contributed by atoms with Crippen LogP contribution in [0.4, 0.5) is 0 Å². The molecule has 0 saturated heterocycles. The minimum Gasteiger partial charge on any atom is -0.368 e. The van der Waals surface area contributed by atoms with Gasteiger partial charge in [0.2, 0.25) is 0 Å². The summed E-state index contributed by atoms with van der Waals surface area (Å²) in [6, 6.07) is 6.23. The SMILES string of the molecule is [B]c1[nH]c2cccc3c2c1CC/C3=C\C(C=O)CNCCC. The fraction of sp³-hybridized carbons (Fsp3) is 0.389. The number of carbonyl (C=O) groups excluding carboxylic acids is 1. The van der Waals surface area contributed by atoms with E-state index in [-0.39, 0.29) is 5.92 Å². The third-order valence-corrected chi connectivity index (χ3v) is 4.35. The summed E-state index contributed by atoms with van der Waals surface area (Å²) < 4.78 is 0. The Hall–Kier alpha value is -1.81. The lowest BCUT2D eigenvalue weighted by Gasteiger charge is -2.18. The van der Waals surface area contributed by atoms with Crippen molar-refractivity contribution >= 4 is 36.2 Å². The van der Waals surface area contributed by atoms with Gasteiger partial charge in [-0.15, -0.1) is 0 Å². The first kappa shape index (κ1) is 15.1. The van der Waals surface area contributed by atoms with E-state index in [9.17, 15) is 4.79 Å². The summed E-state index contributed by atoms with van der Waals surface area (Å²) in [5.41, 5.74) is 5.55. The minimum atomic E-state index is -0.0744. The summed E-state index contributed by atoms with van der Waals surface area (Å²) in [6.45, 7) is 3.78. The molecule has 22 heavy (non-hydrogen) atoms. The Morgan fingerprint density at radius 1 is 1.41 bits per heavy atom. The molecule has 2 radical (unpaired) electrons. The number of aromatic nitrogens is 1. The zero-order chi connectivity index (χ0) is 15.5. The molecule has 0 aliphatic heterocycles. The molecule has 0 fully saturated rings. The Labute approximate surface area is 132 Å². The van der Waals surface area contributed by atoms with Crippen molar-refractivity contribution in [3.05, 3.63) is 35.4 Å². The van der Waals surface area contributed by atoms with Gasteiger partial charge >= 0.3 is 0 Å². The number of carbonyl (C=O) groups is 1. The first-order valence-corrected chi connectivity index (χ1v) is 8.00. The van der Waals surface area contributed by atoms with Gasteiger partial charge < -0.3 is 15.1 Å². The highest BCUT2D eigenvalue weighted by molar-refractivity contribution is 6.34. The molecule has 4 heteroatoms. The van der Waals surface area contributed by atoms with Crippen LogP contribution < -0.4 is 10.9 Å². The highest BCUT2D eigenvalue weighted by Gasteiger charge is 2.20. The summed E-state index contributed by atoms with van der Waals surface area (Å²) in [4.78, 5) is 14.6. The molecule has 1 unspecified atom stereocenters. The maximum atomic E-state index is 11.4. The average molecular weight is 292 g/mol. The molecule has 1 heterocycles. The van der Waals surface area contributed by atoms with Gasteiger partial charge in [0, 0.05) is 23.4 Å². The van der Waals surface area contributed by atoms with Gasteiger partial charge in [-0.25, -0.2) is 0 Å². The second-order valence-corrected chi connectivity index (χ2v) is 5.94. The van der Waals surface area contributed by atoms with E-state index < -0.39 is 0 Å². The van der Waals surface area contributed by atoms with Gasteiger partial charge in [-0.05, 0) is 54.2 Å². The predicted molar refractivity (Wildman–Crippen MR) is 92.7 cm³/mol. The van der Waals surface area contributed by atoms with Crippen molar-refractivity contribution in [3.63, 3.8) is 0 Å². The third-order valence-electron chi connectivity index (χ3n) is 4.35. The van der Waals surface area contributed by atoms with Crippen LogP contribution in [0.3, 0.4) is 0 Å². The molecule has 0 saturated carbocycles. The first-order valence-electron chi connectivity index (χ1n) is 8.00. The van der Waals surface area contributed by atoms with E-state index in [1.54, 1.807) is 0 Å². The largest absolute Gasteiger partial charge is 0.368 e. The number of allylic oxidation sites excluding steroid dienone is 1. The van der Waals surface area contributed by atoms with E-state index in [0.717, 1.165) is 43.2 Å². The molecule has 3 rings (SSSR count). The maximum Gasteiger partial charge on any atom is 0.138 e. The summed E-state index contributed by atoms with van der Waals surface area (Å²) in [7, 11) is 6.08. The Morgan fingerprint density at radius 2 is 2.27 bits per heavy atom. The van der Waals surface area contributed by atoms with E-state index in [4.69, 9.17) is 7.85 Å². The van der Waals surface area contributed by atoms with Gasteiger partial charge in [-0.2, -0.15) is 0 Å². The van der Waals surface area contributed by atoms with Crippen molar-refractivity contribution in [3.8, 4) is 0 Å². The molecular weight excluding hydrogens is 271 g/mol. The zero-order valence-corrected chi connectivity index (χ0v) is 13.0. The Balaban J connectivity index is 1.94. The Morgan fingerprint density at radius 3 is 3.05 bits per heavy atom. The molecule has 0 amide bonds. The second kappa shape index (κ2) is 6.53. The van der Waals surface area contributed by atoms with Gasteiger partial charge in [-0.3, -0.25) is 0 Å². The zero-order valence-electron chi connectivity index (χ0n) is 13.0. The van der Waals surface area contributed by atoms with Gasteiger partial charge in [0.05, 0.1) is 0 Å². The lowest BCUT2D eigenvalue weighted by Crippen LogP contribution is -2.23. The molecule has 1 aromatic heterocycles. The number of rotatable bonds is 6. The summed E-state index contributed by atoms with van der Waals surface area (Å²) in [5.74, 6) is -0.0744. The fourth-order valence-corrected chi connectivity index (χ4v) is 3.28. The molecule has 112 valence electrons. The molecule has 1 aliphatic carbocycles. The first-order chi connectivity index (χ1) is 10.7. The fourth-order valence-electron chi connectivity index (χ4n) is 3.28. The molecule has 1 atom stereocenters. The smallest absolute Gasteiger partial charge is 0.138 e. The minimum absolute atomic E-state index is 0.0744. The van der Waals surface area contributed by atoms with Crippen LogP contribution >= 0.6 is 0 Å². The normalized spacial score (nSPS) is 17.0. The molecule has 1 aliphatic rings. The van der Waals surface area contributed by atoms with Crippen molar-refractivity contribution < 1.29 is 4.79 Å². The van der Waals surface area contributed by atoms with Crippen molar-refractivity contribution in [2.45, 2.75) is 26.2 Å². The van der Waals surface area contributed by atoms with Crippen LogP contribution in [0.25, 0.3) is 16.5 Å². The van der Waals surface area contributed by atoms with E-state index in [0.29, 0.717) is 6.54 Å². The summed E-state index contributed by atoms with van der Waals surface area (Å²) >= 11 is 0. The van der Waals surface area contributed by atoms with Crippen LogP contribution in [0, 0.1) is 5.92 Å². The van der Waals surface area contributed by atoms with Crippen molar-refractivity contribution in [2.24, 2.45) is 5.92 Å². The van der Waals surface area contributed by atoms with E-state index >= 15 is 0 Å². The lowest BCUT2D eigenvalue weighted by molar-refractivity contribution is -0.109. The number of aryl methyl sites for hydroxylation is 1. The predicted octanol–water partition coefficient (Wildman–Crippen LogP) is 2.11. The van der Waals surface area contributed by atoms with Gasteiger partial charge in [0.25, 0.3) is 0 Å². The molecule has 2 N–H and O–H groups in total. The standard InChI is InChI=1S/C18H21BN2O/c1-2-8-20-10-12(11-22)9-13-6-7-15-17-14(13)4-3-5-16(17)21-18(15)19/h3-5,9,11-12,20-21H,2,6-8,10H2,1H3/b13-9+. The van der Waals surface area contributed by atoms with Crippen LogP contribution in [0.5, 0.6) is 0 Å². The average Bonchev–Trinajstić information content (AvgIpc) is 2.86. The molecule has 2 aromatic rings. The molecule has 0 bridgehead atoms. The van der Waals surface area contributed by atoms with E-state index in [1.165, 1.54) is 22.1 Å². The van der Waals surface area contributed by atoms with E-state index in [1.807, 2.05) is 6.07 Å². The molecule has 1 aromatic carbocycles. The lowest BCUT2D eigenvalue weighted by atomic mass is 9.83. The van der Waals surface area contributed by atoms with Crippen LogP contribution in [0.2, 0.25) is 0 Å². The number of hydrogen-bond donors (Lipinski definition) is 2. The monoisotopic (exact) mass is 292 g/mol. The molecule has 0 spiro atoms. The Bertz CT molecular complexity index is 717. The van der Waals surface area contributed by atoms with Crippen LogP contribution in [-0.4, -0.2) is 32.2 Å². The van der Waals surface area contributed by atoms with Crippen molar-refractivity contribution in [1.29, 1.82) is 0 Å².